The summed E-state index contributed by atoms with van der Waals surface area (Å²) >= 11 is 0. The van der Waals surface area contributed by atoms with Crippen molar-refractivity contribution in [3.63, 3.8) is 0 Å². The monoisotopic (exact) mass is 334 g/mol. The van der Waals surface area contributed by atoms with Crippen molar-refractivity contribution in [1.82, 2.24) is 0 Å². The zero-order valence-electron chi connectivity index (χ0n) is 14.0. The zero-order valence-corrected chi connectivity index (χ0v) is 14.0. The molecular weight excluding hydrogens is 316 g/mol. The van der Waals surface area contributed by atoms with Crippen molar-refractivity contribution in [2.75, 3.05) is 10.6 Å². The number of carbonyl (C=O) groups is 2. The van der Waals surface area contributed by atoms with Crippen molar-refractivity contribution in [3.8, 4) is 0 Å². The third-order valence-corrected chi connectivity index (χ3v) is 3.85. The summed E-state index contributed by atoms with van der Waals surface area (Å²) in [7, 11) is 0. The number of hydrogen-bond acceptors (Lipinski definition) is 3. The lowest BCUT2D eigenvalue weighted by molar-refractivity contribution is 0.0993. The molecule has 126 valence electrons. The molecule has 0 saturated carbocycles. The lowest BCUT2D eigenvalue weighted by Crippen LogP contribution is -2.15. The molecule has 25 heavy (non-hydrogen) atoms. The van der Waals surface area contributed by atoms with Gasteiger partial charge >= 0.3 is 0 Å². The van der Waals surface area contributed by atoms with E-state index in [1.54, 1.807) is 36.4 Å². The highest BCUT2D eigenvalue weighted by molar-refractivity contribution is 6.07. The summed E-state index contributed by atoms with van der Waals surface area (Å²) in [5.74, 6) is -0.380. The summed E-state index contributed by atoms with van der Waals surface area (Å²) in [5.41, 5.74) is 3.78. The van der Waals surface area contributed by atoms with Crippen LogP contribution in [-0.2, 0) is 0 Å². The van der Waals surface area contributed by atoms with Crippen LogP contribution in [0.3, 0.4) is 0 Å². The normalized spacial score (nSPS) is 10.3. The number of carbonyl (C=O) groups excluding carboxylic acids is 2. The number of furan rings is 1. The molecule has 0 bridgehead atoms. The lowest BCUT2D eigenvalue weighted by Gasteiger charge is -2.12. The molecule has 0 aliphatic heterocycles. The molecule has 2 N–H and O–H groups in total. The average molecular weight is 334 g/mol. The minimum absolute atomic E-state index is 0.213. The Morgan fingerprint density at radius 1 is 0.840 bits per heavy atom. The minimum Gasteiger partial charge on any atom is -0.459 e. The summed E-state index contributed by atoms with van der Waals surface area (Å²) < 4.78 is 5.06. The van der Waals surface area contributed by atoms with Crippen LogP contribution in [0.2, 0.25) is 0 Å². The quantitative estimate of drug-likeness (QED) is 0.743. The van der Waals surface area contributed by atoms with E-state index < -0.39 is 0 Å². The maximum Gasteiger partial charge on any atom is 0.291 e. The topological polar surface area (TPSA) is 71.3 Å². The summed E-state index contributed by atoms with van der Waals surface area (Å²) in [4.78, 5) is 24.6. The third-order valence-electron chi connectivity index (χ3n) is 3.85. The van der Waals surface area contributed by atoms with Gasteiger partial charge in [0.1, 0.15) is 0 Å². The number of benzene rings is 2. The highest BCUT2D eigenvalue weighted by Crippen LogP contribution is 2.21. The number of hydrogen-bond donors (Lipinski definition) is 2. The van der Waals surface area contributed by atoms with Gasteiger partial charge < -0.3 is 15.1 Å². The molecule has 0 unspecified atom stereocenters. The van der Waals surface area contributed by atoms with Crippen LogP contribution in [0, 0.1) is 13.8 Å². The van der Waals surface area contributed by atoms with E-state index >= 15 is 0 Å². The van der Waals surface area contributed by atoms with Gasteiger partial charge in [-0.05, 0) is 55.3 Å². The SMILES string of the molecule is Cc1cccc(C)c1NC(=O)c1cccc(NC(=O)c2ccco2)c1. The molecule has 0 spiro atoms. The van der Waals surface area contributed by atoms with Gasteiger partial charge in [0.05, 0.1) is 6.26 Å². The second-order valence-corrected chi connectivity index (χ2v) is 5.73. The Morgan fingerprint density at radius 2 is 1.56 bits per heavy atom. The highest BCUT2D eigenvalue weighted by atomic mass is 16.3. The first-order valence-corrected chi connectivity index (χ1v) is 7.87. The van der Waals surface area contributed by atoms with Crippen molar-refractivity contribution in [1.29, 1.82) is 0 Å². The molecule has 0 radical (unpaired) electrons. The van der Waals surface area contributed by atoms with Crippen molar-refractivity contribution >= 4 is 23.2 Å². The minimum atomic E-state index is -0.364. The second-order valence-electron chi connectivity index (χ2n) is 5.73. The van der Waals surface area contributed by atoms with E-state index in [0.717, 1.165) is 16.8 Å². The van der Waals surface area contributed by atoms with Gasteiger partial charge in [-0.1, -0.05) is 24.3 Å². The fraction of sp³-hybridized carbons (Fsp3) is 0.100. The number of para-hydroxylation sites is 1. The van der Waals surface area contributed by atoms with Crippen LogP contribution in [0.4, 0.5) is 11.4 Å². The average Bonchev–Trinajstić information content (AvgIpc) is 3.13. The first-order valence-electron chi connectivity index (χ1n) is 7.87. The molecule has 1 aromatic heterocycles. The number of aryl methyl sites for hydroxylation is 2. The van der Waals surface area contributed by atoms with Gasteiger partial charge in [0.25, 0.3) is 11.8 Å². The Morgan fingerprint density at radius 3 is 2.24 bits per heavy atom. The molecular formula is C20H18N2O3. The number of amides is 2. The first kappa shape index (κ1) is 16.5. The van der Waals surface area contributed by atoms with E-state index in [9.17, 15) is 9.59 Å². The maximum atomic E-state index is 12.5. The molecule has 0 aliphatic carbocycles. The molecule has 5 heteroatoms. The predicted octanol–water partition coefficient (Wildman–Crippen LogP) is 4.40. The molecule has 0 fully saturated rings. The summed E-state index contributed by atoms with van der Waals surface area (Å²) in [5, 5.41) is 5.65. The van der Waals surface area contributed by atoms with Crippen LogP contribution in [-0.4, -0.2) is 11.8 Å². The van der Waals surface area contributed by atoms with Crippen molar-refractivity contribution in [3.05, 3.63) is 83.3 Å². The van der Waals surface area contributed by atoms with Gasteiger partial charge in [-0.2, -0.15) is 0 Å². The fourth-order valence-electron chi connectivity index (χ4n) is 2.54. The number of anilines is 2. The van der Waals surface area contributed by atoms with Gasteiger partial charge in [-0.25, -0.2) is 0 Å². The largest absolute Gasteiger partial charge is 0.459 e. The van der Waals surface area contributed by atoms with Gasteiger partial charge in [0, 0.05) is 16.9 Å². The van der Waals surface area contributed by atoms with Gasteiger partial charge in [0.15, 0.2) is 5.76 Å². The van der Waals surface area contributed by atoms with Crippen LogP contribution in [0.1, 0.15) is 32.0 Å². The molecule has 2 aromatic carbocycles. The van der Waals surface area contributed by atoms with E-state index in [2.05, 4.69) is 10.6 Å². The van der Waals surface area contributed by atoms with Crippen LogP contribution >= 0.6 is 0 Å². The van der Waals surface area contributed by atoms with Crippen molar-refractivity contribution < 1.29 is 14.0 Å². The number of rotatable bonds is 4. The predicted molar refractivity (Wildman–Crippen MR) is 97.0 cm³/mol. The maximum absolute atomic E-state index is 12.5. The summed E-state index contributed by atoms with van der Waals surface area (Å²) in [6.07, 6.45) is 1.43. The van der Waals surface area contributed by atoms with Crippen LogP contribution in [0.25, 0.3) is 0 Å². The molecule has 3 aromatic rings. The van der Waals surface area contributed by atoms with E-state index in [-0.39, 0.29) is 17.6 Å². The molecule has 1 heterocycles. The molecule has 2 amide bonds. The molecule has 0 atom stereocenters. The van der Waals surface area contributed by atoms with Gasteiger partial charge in [0.2, 0.25) is 0 Å². The molecule has 5 nitrogen and oxygen atoms in total. The van der Waals surface area contributed by atoms with Crippen LogP contribution in [0.5, 0.6) is 0 Å². The Hall–Kier alpha value is -3.34. The van der Waals surface area contributed by atoms with Crippen molar-refractivity contribution in [2.45, 2.75) is 13.8 Å². The summed E-state index contributed by atoms with van der Waals surface area (Å²) in [6, 6.07) is 15.8. The molecule has 0 aliphatic rings. The van der Waals surface area contributed by atoms with Crippen LogP contribution < -0.4 is 10.6 Å². The van der Waals surface area contributed by atoms with E-state index in [0.29, 0.717) is 11.3 Å². The highest BCUT2D eigenvalue weighted by Gasteiger charge is 2.12. The van der Waals surface area contributed by atoms with Crippen molar-refractivity contribution in [2.24, 2.45) is 0 Å². The van der Waals surface area contributed by atoms with E-state index in [1.807, 2.05) is 32.0 Å². The second kappa shape index (κ2) is 7.05. The molecule has 0 saturated heterocycles. The van der Waals surface area contributed by atoms with Gasteiger partial charge in [-0.15, -0.1) is 0 Å². The van der Waals surface area contributed by atoms with Crippen LogP contribution in [0.15, 0.2) is 65.3 Å². The Labute approximate surface area is 145 Å². The van der Waals surface area contributed by atoms with E-state index in [1.165, 1.54) is 6.26 Å². The number of nitrogens with one attached hydrogen (secondary N) is 2. The fourth-order valence-corrected chi connectivity index (χ4v) is 2.54. The smallest absolute Gasteiger partial charge is 0.291 e. The Kier molecular flexibility index (Phi) is 4.66. The standard InChI is InChI=1S/C20H18N2O3/c1-13-6-3-7-14(2)18(13)22-19(23)15-8-4-9-16(12-15)21-20(24)17-10-5-11-25-17/h3-12H,1-2H3,(H,21,24)(H,22,23). The Balaban J connectivity index is 1.77. The summed E-state index contributed by atoms with van der Waals surface area (Å²) in [6.45, 7) is 3.89. The Bertz CT molecular complexity index is 894. The van der Waals surface area contributed by atoms with Gasteiger partial charge in [-0.3, -0.25) is 9.59 Å². The molecule has 3 rings (SSSR count). The van der Waals surface area contributed by atoms with E-state index in [4.69, 9.17) is 4.42 Å². The first-order chi connectivity index (χ1) is 12.0. The lowest BCUT2D eigenvalue weighted by atomic mass is 10.1. The third kappa shape index (κ3) is 3.77. The zero-order chi connectivity index (χ0) is 17.8.